The second-order valence-corrected chi connectivity index (χ2v) is 10.4. The van der Waals surface area contributed by atoms with Gasteiger partial charge in [-0.1, -0.05) is 23.2 Å². The highest BCUT2D eigenvalue weighted by Crippen LogP contribution is 2.50. The Morgan fingerprint density at radius 2 is 2.00 bits per heavy atom. The summed E-state index contributed by atoms with van der Waals surface area (Å²) in [7, 11) is 3.52. The van der Waals surface area contributed by atoms with Crippen molar-refractivity contribution in [1.29, 1.82) is 0 Å². The SMILES string of the molecule is CN(c1nc(-c2ccncc2F)cc(=O)n1C)[C@H]1[C@@H]2CN(C(=O)c3cc(Cl)sc3Cl)C[C@@H]21. The van der Waals surface area contributed by atoms with Gasteiger partial charge in [-0.15, -0.1) is 11.3 Å². The Kier molecular flexibility index (Phi) is 5.22. The summed E-state index contributed by atoms with van der Waals surface area (Å²) in [4.78, 5) is 37.4. The van der Waals surface area contributed by atoms with Crippen molar-refractivity contribution in [2.75, 3.05) is 25.0 Å². The molecule has 0 bridgehead atoms. The summed E-state index contributed by atoms with van der Waals surface area (Å²) in [5.74, 6) is 0.317. The Morgan fingerprint density at radius 1 is 1.28 bits per heavy atom. The minimum atomic E-state index is -0.536. The summed E-state index contributed by atoms with van der Waals surface area (Å²) in [6, 6.07) is 4.56. The molecular formula is C21H18Cl2FN5O2S. The van der Waals surface area contributed by atoms with Crippen molar-refractivity contribution < 1.29 is 9.18 Å². The molecule has 2 aliphatic rings. The van der Waals surface area contributed by atoms with Crippen LogP contribution in [0.1, 0.15) is 10.4 Å². The second kappa shape index (κ2) is 7.83. The molecule has 1 saturated heterocycles. The van der Waals surface area contributed by atoms with Crippen LogP contribution in [0.5, 0.6) is 0 Å². The van der Waals surface area contributed by atoms with Gasteiger partial charge in [-0.2, -0.15) is 0 Å². The maximum absolute atomic E-state index is 14.2. The molecule has 1 aliphatic carbocycles. The zero-order chi connectivity index (χ0) is 22.7. The third-order valence-electron chi connectivity index (χ3n) is 6.25. The first kappa shape index (κ1) is 21.4. The van der Waals surface area contributed by atoms with Crippen LogP contribution in [0, 0.1) is 17.7 Å². The molecule has 3 atom stereocenters. The number of hydrogen-bond acceptors (Lipinski definition) is 6. The molecule has 166 valence electrons. The molecule has 7 nitrogen and oxygen atoms in total. The zero-order valence-electron chi connectivity index (χ0n) is 17.1. The summed E-state index contributed by atoms with van der Waals surface area (Å²) in [6.07, 6.45) is 2.56. The molecule has 0 aromatic carbocycles. The van der Waals surface area contributed by atoms with E-state index < -0.39 is 5.82 Å². The molecule has 0 spiro atoms. The lowest BCUT2D eigenvalue weighted by atomic mass is 10.2. The molecular weight excluding hydrogens is 476 g/mol. The quantitative estimate of drug-likeness (QED) is 0.555. The molecule has 0 N–H and O–H groups in total. The van der Waals surface area contributed by atoms with Gasteiger partial charge in [0.2, 0.25) is 5.95 Å². The Hall–Kier alpha value is -2.49. The van der Waals surface area contributed by atoms with E-state index in [2.05, 4.69) is 9.97 Å². The summed E-state index contributed by atoms with van der Waals surface area (Å²) < 4.78 is 16.5. The number of piperidine rings is 1. The fourth-order valence-corrected chi connectivity index (χ4v) is 6.04. The average molecular weight is 494 g/mol. The first-order valence-corrected chi connectivity index (χ1v) is 11.5. The van der Waals surface area contributed by atoms with Crippen LogP contribution in [0.3, 0.4) is 0 Å². The van der Waals surface area contributed by atoms with Crippen molar-refractivity contribution in [3.05, 3.63) is 61.0 Å². The van der Waals surface area contributed by atoms with Gasteiger partial charge in [0.1, 0.15) is 4.34 Å². The number of likely N-dealkylation sites (tertiary alicyclic amines) is 1. The van der Waals surface area contributed by atoms with Crippen molar-refractivity contribution in [3.63, 3.8) is 0 Å². The Bertz CT molecular complexity index is 1280. The second-order valence-electron chi connectivity index (χ2n) is 8.07. The fourth-order valence-electron chi connectivity index (χ4n) is 4.59. The molecule has 32 heavy (non-hydrogen) atoms. The number of anilines is 1. The fraction of sp³-hybridized carbons (Fsp3) is 0.333. The maximum atomic E-state index is 14.2. The minimum absolute atomic E-state index is 0.118. The lowest BCUT2D eigenvalue weighted by Crippen LogP contribution is -2.38. The number of amides is 1. The van der Waals surface area contributed by atoms with E-state index in [1.807, 2.05) is 11.9 Å². The van der Waals surface area contributed by atoms with E-state index in [-0.39, 0.29) is 40.6 Å². The number of nitrogens with zero attached hydrogens (tertiary/aromatic N) is 5. The molecule has 3 aromatic rings. The largest absolute Gasteiger partial charge is 0.342 e. The number of fused-ring (bicyclic) bond motifs is 1. The predicted octanol–water partition coefficient (Wildman–Crippen LogP) is 3.56. The van der Waals surface area contributed by atoms with Crippen molar-refractivity contribution in [2.24, 2.45) is 18.9 Å². The molecule has 1 aliphatic heterocycles. The van der Waals surface area contributed by atoms with E-state index in [9.17, 15) is 14.0 Å². The van der Waals surface area contributed by atoms with E-state index >= 15 is 0 Å². The predicted molar refractivity (Wildman–Crippen MR) is 122 cm³/mol. The smallest absolute Gasteiger partial charge is 0.256 e. The van der Waals surface area contributed by atoms with Crippen LogP contribution in [-0.4, -0.2) is 51.5 Å². The molecule has 11 heteroatoms. The van der Waals surface area contributed by atoms with Crippen molar-refractivity contribution in [3.8, 4) is 11.3 Å². The number of aromatic nitrogens is 3. The van der Waals surface area contributed by atoms with Crippen LogP contribution in [0.2, 0.25) is 8.67 Å². The number of rotatable bonds is 4. The topological polar surface area (TPSA) is 71.3 Å². The first-order valence-electron chi connectivity index (χ1n) is 9.91. The molecule has 1 amide bonds. The summed E-state index contributed by atoms with van der Waals surface area (Å²) in [5, 5.41) is 0. The number of carbonyl (C=O) groups excluding carboxylic acids is 1. The van der Waals surface area contributed by atoms with Gasteiger partial charge in [0.15, 0.2) is 5.82 Å². The monoisotopic (exact) mass is 493 g/mol. The Morgan fingerprint density at radius 3 is 2.62 bits per heavy atom. The van der Waals surface area contributed by atoms with Gasteiger partial charge in [-0.05, 0) is 12.1 Å². The standard InChI is InChI=1S/C21H18Cl2FN5O2S/c1-27-17(30)6-15(10-3-4-25-7-14(10)24)26-21(27)28(2)18-12-8-29(9-13(12)18)20(31)11-5-16(22)32-19(11)23/h3-7,12-13,18H,8-9H2,1-2H3/t12-,13+,18+. The highest BCUT2D eigenvalue weighted by Gasteiger charge is 2.59. The molecule has 4 heterocycles. The number of thiophene rings is 1. The third kappa shape index (κ3) is 3.48. The van der Waals surface area contributed by atoms with Gasteiger partial charge in [0.25, 0.3) is 11.5 Å². The lowest BCUT2D eigenvalue weighted by Gasteiger charge is -2.26. The van der Waals surface area contributed by atoms with E-state index in [0.717, 1.165) is 6.20 Å². The number of hydrogen-bond donors (Lipinski definition) is 0. The maximum Gasteiger partial charge on any atom is 0.256 e. The number of pyridine rings is 1. The molecule has 0 radical (unpaired) electrons. The van der Waals surface area contributed by atoms with E-state index in [0.29, 0.717) is 33.3 Å². The third-order valence-corrected chi connectivity index (χ3v) is 7.73. The Labute approximate surface area is 197 Å². The van der Waals surface area contributed by atoms with E-state index in [4.69, 9.17) is 23.2 Å². The zero-order valence-corrected chi connectivity index (χ0v) is 19.5. The highest BCUT2D eigenvalue weighted by molar-refractivity contribution is 7.20. The van der Waals surface area contributed by atoms with E-state index in [1.165, 1.54) is 34.2 Å². The van der Waals surface area contributed by atoms with Crippen LogP contribution in [0.25, 0.3) is 11.3 Å². The van der Waals surface area contributed by atoms with Crippen LogP contribution in [0.4, 0.5) is 10.3 Å². The van der Waals surface area contributed by atoms with Crippen molar-refractivity contribution >= 4 is 46.4 Å². The summed E-state index contributed by atoms with van der Waals surface area (Å²) in [5.41, 5.74) is 0.650. The molecule has 2 fully saturated rings. The first-order chi connectivity index (χ1) is 15.3. The van der Waals surface area contributed by atoms with Gasteiger partial charge in [0.05, 0.1) is 21.8 Å². The normalized spacial score (nSPS) is 21.5. The van der Waals surface area contributed by atoms with Crippen LogP contribution < -0.4 is 10.5 Å². The van der Waals surface area contributed by atoms with Gasteiger partial charge in [-0.3, -0.25) is 19.1 Å². The number of halogens is 3. The van der Waals surface area contributed by atoms with E-state index in [1.54, 1.807) is 18.0 Å². The Balaban J connectivity index is 1.35. The minimum Gasteiger partial charge on any atom is -0.342 e. The molecule has 1 saturated carbocycles. The number of carbonyl (C=O) groups is 1. The van der Waals surface area contributed by atoms with Crippen LogP contribution in [0.15, 0.2) is 35.4 Å². The van der Waals surface area contributed by atoms with Crippen molar-refractivity contribution in [2.45, 2.75) is 6.04 Å². The lowest BCUT2D eigenvalue weighted by molar-refractivity contribution is 0.0773. The average Bonchev–Trinajstić information content (AvgIpc) is 3.06. The summed E-state index contributed by atoms with van der Waals surface area (Å²) >= 11 is 13.3. The van der Waals surface area contributed by atoms with Crippen LogP contribution in [-0.2, 0) is 7.05 Å². The van der Waals surface area contributed by atoms with Gasteiger partial charge >= 0.3 is 0 Å². The van der Waals surface area contributed by atoms with Gasteiger partial charge < -0.3 is 9.80 Å². The highest BCUT2D eigenvalue weighted by atomic mass is 35.5. The van der Waals surface area contributed by atoms with Gasteiger partial charge in [0, 0.05) is 62.9 Å². The van der Waals surface area contributed by atoms with Crippen LogP contribution >= 0.6 is 34.5 Å². The van der Waals surface area contributed by atoms with Gasteiger partial charge in [-0.25, -0.2) is 9.37 Å². The molecule has 0 unspecified atom stereocenters. The van der Waals surface area contributed by atoms with Crippen molar-refractivity contribution in [1.82, 2.24) is 19.4 Å². The molecule has 5 rings (SSSR count). The summed E-state index contributed by atoms with van der Waals surface area (Å²) in [6.45, 7) is 1.18. The molecule has 3 aromatic heterocycles.